The molecule has 0 fully saturated rings. The molecule has 4 nitrogen and oxygen atoms in total. The predicted molar refractivity (Wildman–Crippen MR) is 70.0 cm³/mol. The second-order valence-corrected chi connectivity index (χ2v) is 4.82. The molecule has 0 unspecified atom stereocenters. The van der Waals surface area contributed by atoms with Gasteiger partial charge in [-0.15, -0.1) is 0 Å². The molecule has 1 aromatic carbocycles. The predicted octanol–water partition coefficient (Wildman–Crippen LogP) is 2.59. The second-order valence-electron chi connectivity index (χ2n) is 3.90. The number of nitrogens with one attached hydrogen (secondary N) is 2. The van der Waals surface area contributed by atoms with Gasteiger partial charge in [0.05, 0.1) is 5.69 Å². The number of hydrogen-bond acceptors (Lipinski definition) is 4. The summed E-state index contributed by atoms with van der Waals surface area (Å²) in [5, 5.41) is 6.44. The van der Waals surface area contributed by atoms with Gasteiger partial charge < -0.3 is 10.6 Å². The van der Waals surface area contributed by atoms with Crippen LogP contribution in [0.25, 0.3) is 0 Å². The minimum absolute atomic E-state index is 0.648. The normalized spacial score (nSPS) is 13.5. The fourth-order valence-corrected chi connectivity index (χ4v) is 2.05. The maximum absolute atomic E-state index is 4.47. The van der Waals surface area contributed by atoms with Crippen LogP contribution in [0, 0.1) is 0 Å². The van der Waals surface area contributed by atoms with Crippen molar-refractivity contribution in [3.8, 4) is 0 Å². The van der Waals surface area contributed by atoms with Gasteiger partial charge >= 0.3 is 0 Å². The Labute approximate surface area is 108 Å². The van der Waals surface area contributed by atoms with Gasteiger partial charge in [-0.25, -0.2) is 9.97 Å². The van der Waals surface area contributed by atoms with E-state index in [0.29, 0.717) is 5.95 Å². The van der Waals surface area contributed by atoms with Gasteiger partial charge in [-0.1, -0.05) is 15.9 Å². The largest absolute Gasteiger partial charge is 0.324 e. The topological polar surface area (TPSA) is 49.8 Å². The van der Waals surface area contributed by atoms with E-state index in [9.17, 15) is 0 Å². The zero-order chi connectivity index (χ0) is 11.7. The molecular formula is C12H11BrN4. The Morgan fingerprint density at radius 2 is 2.00 bits per heavy atom. The van der Waals surface area contributed by atoms with Crippen molar-refractivity contribution in [2.75, 3.05) is 5.32 Å². The third-order valence-corrected chi connectivity index (χ3v) is 3.19. The number of rotatable bonds is 2. The van der Waals surface area contributed by atoms with Crippen molar-refractivity contribution in [3.63, 3.8) is 0 Å². The average Bonchev–Trinajstić information content (AvgIpc) is 2.79. The molecule has 2 N–H and O–H groups in total. The number of aromatic nitrogens is 2. The SMILES string of the molecule is Brc1ccc(Nc2ncc3c(n2)CNC3)cc1. The van der Waals surface area contributed by atoms with Crippen molar-refractivity contribution in [2.45, 2.75) is 13.1 Å². The quantitative estimate of drug-likeness (QED) is 0.893. The first kappa shape index (κ1) is 10.7. The van der Waals surface area contributed by atoms with Crippen LogP contribution in [0.2, 0.25) is 0 Å². The van der Waals surface area contributed by atoms with Gasteiger partial charge in [0, 0.05) is 35.0 Å². The van der Waals surface area contributed by atoms with Crippen molar-refractivity contribution < 1.29 is 0 Å². The van der Waals surface area contributed by atoms with Crippen molar-refractivity contribution >= 4 is 27.6 Å². The first-order valence-electron chi connectivity index (χ1n) is 5.39. The molecular weight excluding hydrogens is 280 g/mol. The van der Waals surface area contributed by atoms with Gasteiger partial charge in [0.1, 0.15) is 0 Å². The van der Waals surface area contributed by atoms with Gasteiger partial charge in [-0.2, -0.15) is 0 Å². The number of hydrogen-bond donors (Lipinski definition) is 2. The molecule has 17 heavy (non-hydrogen) atoms. The van der Waals surface area contributed by atoms with E-state index in [2.05, 4.69) is 36.5 Å². The van der Waals surface area contributed by atoms with Crippen molar-refractivity contribution in [3.05, 3.63) is 46.2 Å². The fourth-order valence-electron chi connectivity index (χ4n) is 1.78. The highest BCUT2D eigenvalue weighted by atomic mass is 79.9. The van der Waals surface area contributed by atoms with Gasteiger partial charge in [0.15, 0.2) is 0 Å². The Morgan fingerprint density at radius 3 is 2.82 bits per heavy atom. The lowest BCUT2D eigenvalue weighted by molar-refractivity contribution is 0.758. The van der Waals surface area contributed by atoms with Crippen LogP contribution >= 0.6 is 15.9 Å². The smallest absolute Gasteiger partial charge is 0.227 e. The minimum Gasteiger partial charge on any atom is -0.324 e. The number of benzene rings is 1. The molecule has 1 aromatic heterocycles. The summed E-state index contributed by atoms with van der Waals surface area (Å²) in [6, 6.07) is 7.94. The lowest BCUT2D eigenvalue weighted by Crippen LogP contribution is -2.01. The summed E-state index contributed by atoms with van der Waals surface area (Å²) in [6.45, 7) is 1.70. The number of nitrogens with zero attached hydrogens (tertiary/aromatic N) is 2. The van der Waals surface area contributed by atoms with Crippen LogP contribution in [0.3, 0.4) is 0 Å². The summed E-state index contributed by atoms with van der Waals surface area (Å²) < 4.78 is 1.06. The second kappa shape index (κ2) is 4.43. The van der Waals surface area contributed by atoms with Crippen LogP contribution in [0.15, 0.2) is 34.9 Å². The van der Waals surface area contributed by atoms with Crippen LogP contribution in [0.4, 0.5) is 11.6 Å². The summed E-state index contributed by atoms with van der Waals surface area (Å²) in [5.41, 5.74) is 3.25. The summed E-state index contributed by atoms with van der Waals surface area (Å²) in [6.07, 6.45) is 1.88. The van der Waals surface area contributed by atoms with Gasteiger partial charge in [-0.05, 0) is 24.3 Å². The van der Waals surface area contributed by atoms with Crippen LogP contribution in [-0.4, -0.2) is 9.97 Å². The highest BCUT2D eigenvalue weighted by Gasteiger charge is 2.12. The summed E-state index contributed by atoms with van der Waals surface area (Å²) in [7, 11) is 0. The van der Waals surface area contributed by atoms with Crippen LogP contribution < -0.4 is 10.6 Å². The van der Waals surface area contributed by atoms with E-state index in [0.717, 1.165) is 28.9 Å². The van der Waals surface area contributed by atoms with E-state index in [1.165, 1.54) is 5.56 Å². The molecule has 1 aliphatic heterocycles. The first-order valence-corrected chi connectivity index (χ1v) is 6.19. The highest BCUT2D eigenvalue weighted by molar-refractivity contribution is 9.10. The molecule has 0 spiro atoms. The minimum atomic E-state index is 0.648. The fraction of sp³-hybridized carbons (Fsp3) is 0.167. The van der Waals surface area contributed by atoms with Crippen molar-refractivity contribution in [2.24, 2.45) is 0 Å². The lowest BCUT2D eigenvalue weighted by atomic mass is 10.3. The van der Waals surface area contributed by atoms with Crippen LogP contribution in [0.1, 0.15) is 11.3 Å². The molecule has 3 rings (SSSR count). The van der Waals surface area contributed by atoms with E-state index in [-0.39, 0.29) is 0 Å². The van der Waals surface area contributed by atoms with E-state index < -0.39 is 0 Å². The molecule has 0 aliphatic carbocycles. The molecule has 0 bridgehead atoms. The highest BCUT2D eigenvalue weighted by Crippen LogP contribution is 2.19. The Kier molecular flexibility index (Phi) is 2.78. The molecule has 1 aliphatic rings. The monoisotopic (exact) mass is 290 g/mol. The van der Waals surface area contributed by atoms with Gasteiger partial charge in [0.2, 0.25) is 5.95 Å². The van der Waals surface area contributed by atoms with Crippen LogP contribution in [0.5, 0.6) is 0 Å². The summed E-state index contributed by atoms with van der Waals surface area (Å²) in [5.74, 6) is 0.648. The first-order chi connectivity index (χ1) is 8.31. The molecule has 0 saturated carbocycles. The summed E-state index contributed by atoms with van der Waals surface area (Å²) in [4.78, 5) is 8.77. The third kappa shape index (κ3) is 2.30. The Morgan fingerprint density at radius 1 is 1.18 bits per heavy atom. The third-order valence-electron chi connectivity index (χ3n) is 2.66. The average molecular weight is 291 g/mol. The molecule has 2 heterocycles. The maximum atomic E-state index is 4.47. The number of fused-ring (bicyclic) bond motifs is 1. The van der Waals surface area contributed by atoms with Crippen molar-refractivity contribution in [1.82, 2.24) is 15.3 Å². The van der Waals surface area contributed by atoms with E-state index in [1.807, 2.05) is 30.5 Å². The maximum Gasteiger partial charge on any atom is 0.227 e. The van der Waals surface area contributed by atoms with E-state index >= 15 is 0 Å². The van der Waals surface area contributed by atoms with E-state index in [4.69, 9.17) is 0 Å². The molecule has 0 saturated heterocycles. The van der Waals surface area contributed by atoms with E-state index in [1.54, 1.807) is 0 Å². The lowest BCUT2D eigenvalue weighted by Gasteiger charge is -2.05. The molecule has 0 radical (unpaired) electrons. The molecule has 2 aromatic rings. The number of halogens is 1. The summed E-state index contributed by atoms with van der Waals surface area (Å²) >= 11 is 3.40. The van der Waals surface area contributed by atoms with Crippen LogP contribution in [-0.2, 0) is 13.1 Å². The molecule has 86 valence electrons. The zero-order valence-electron chi connectivity index (χ0n) is 9.07. The van der Waals surface area contributed by atoms with Gasteiger partial charge in [0.25, 0.3) is 0 Å². The molecule has 0 atom stereocenters. The zero-order valence-corrected chi connectivity index (χ0v) is 10.7. The Hall–Kier alpha value is -1.46. The standard InChI is InChI=1S/C12H11BrN4/c13-9-1-3-10(4-2-9)16-12-15-6-8-5-14-7-11(8)17-12/h1-4,6,14H,5,7H2,(H,15,16,17). The number of anilines is 2. The Bertz CT molecular complexity index is 539. The molecule has 0 amide bonds. The van der Waals surface area contributed by atoms with Gasteiger partial charge in [-0.3, -0.25) is 0 Å². The molecule has 5 heteroatoms. The van der Waals surface area contributed by atoms with Crippen molar-refractivity contribution in [1.29, 1.82) is 0 Å². The Balaban J connectivity index is 1.83.